The van der Waals surface area contributed by atoms with Gasteiger partial charge in [-0.05, 0) is 17.7 Å². The van der Waals surface area contributed by atoms with E-state index in [1.807, 2.05) is 30.3 Å². The van der Waals surface area contributed by atoms with Crippen molar-refractivity contribution >= 4 is 17.3 Å². The summed E-state index contributed by atoms with van der Waals surface area (Å²) in [5.41, 5.74) is -0.447. The Morgan fingerprint density at radius 1 is 0.952 bits per heavy atom. The summed E-state index contributed by atoms with van der Waals surface area (Å²) in [7, 11) is 0. The quantitative estimate of drug-likeness (QED) is 0.739. The van der Waals surface area contributed by atoms with Crippen LogP contribution in [-0.4, -0.2) is 17.3 Å². The van der Waals surface area contributed by atoms with Gasteiger partial charge in [0.1, 0.15) is 11.9 Å². The lowest BCUT2D eigenvalue weighted by Gasteiger charge is -2.28. The van der Waals surface area contributed by atoms with Gasteiger partial charge in [-0.15, -0.1) is 0 Å². The standard InChI is InChI=1S/C17H12O4/c18-11-6-7-12-15(11)17(13(19)8-9-14(17)20)16(21-12)10-4-2-1-3-5-10/h1-7,16H,8-9H2. The molecule has 0 radical (unpaired) electrons. The fourth-order valence-corrected chi connectivity index (χ4v) is 3.57. The van der Waals surface area contributed by atoms with E-state index in [0.717, 1.165) is 5.56 Å². The number of rotatable bonds is 1. The Morgan fingerprint density at radius 3 is 2.29 bits per heavy atom. The molecule has 1 aromatic rings. The number of hydrogen-bond donors (Lipinski definition) is 0. The van der Waals surface area contributed by atoms with E-state index in [1.54, 1.807) is 6.08 Å². The molecule has 1 aliphatic heterocycles. The predicted molar refractivity (Wildman–Crippen MR) is 73.1 cm³/mol. The first kappa shape index (κ1) is 12.3. The average molecular weight is 280 g/mol. The lowest BCUT2D eigenvalue weighted by atomic mass is 9.70. The van der Waals surface area contributed by atoms with Crippen LogP contribution >= 0.6 is 0 Å². The third-order valence-electron chi connectivity index (χ3n) is 4.47. The Kier molecular flexibility index (Phi) is 2.34. The predicted octanol–water partition coefficient (Wildman–Crippen LogP) is 2.07. The maximum Gasteiger partial charge on any atom is 0.187 e. The van der Waals surface area contributed by atoms with E-state index < -0.39 is 11.5 Å². The van der Waals surface area contributed by atoms with Crippen molar-refractivity contribution in [1.82, 2.24) is 0 Å². The lowest BCUT2D eigenvalue weighted by molar-refractivity contribution is -0.139. The molecule has 21 heavy (non-hydrogen) atoms. The summed E-state index contributed by atoms with van der Waals surface area (Å²) in [6.45, 7) is 0. The minimum absolute atomic E-state index is 0.176. The summed E-state index contributed by atoms with van der Waals surface area (Å²) in [5.74, 6) is -0.323. The summed E-state index contributed by atoms with van der Waals surface area (Å²) < 4.78 is 5.85. The van der Waals surface area contributed by atoms with Crippen LogP contribution in [0.2, 0.25) is 0 Å². The largest absolute Gasteiger partial charge is 0.483 e. The number of benzene rings is 1. The minimum atomic E-state index is -1.43. The number of carbonyl (C=O) groups excluding carboxylic acids is 3. The molecule has 4 nitrogen and oxygen atoms in total. The van der Waals surface area contributed by atoms with Gasteiger partial charge in [-0.1, -0.05) is 30.3 Å². The number of allylic oxidation sites excluding steroid dienone is 2. The number of Topliss-reactive ketones (excluding diaryl/α,β-unsaturated/α-hetero) is 2. The number of ketones is 3. The molecule has 1 heterocycles. The van der Waals surface area contributed by atoms with Gasteiger partial charge < -0.3 is 4.74 Å². The molecule has 0 bridgehead atoms. The molecule has 1 fully saturated rings. The van der Waals surface area contributed by atoms with Gasteiger partial charge in [-0.25, -0.2) is 0 Å². The number of fused-ring (bicyclic) bond motifs is 1. The first-order valence-electron chi connectivity index (χ1n) is 6.91. The highest BCUT2D eigenvalue weighted by molar-refractivity contribution is 6.25. The Morgan fingerprint density at radius 2 is 1.62 bits per heavy atom. The van der Waals surface area contributed by atoms with E-state index in [2.05, 4.69) is 0 Å². The molecule has 4 rings (SSSR count). The second-order valence-electron chi connectivity index (χ2n) is 5.50. The van der Waals surface area contributed by atoms with Crippen molar-refractivity contribution in [3.63, 3.8) is 0 Å². The molecule has 0 saturated heterocycles. The van der Waals surface area contributed by atoms with Crippen LogP contribution in [0.3, 0.4) is 0 Å². The van der Waals surface area contributed by atoms with Crippen molar-refractivity contribution in [2.75, 3.05) is 0 Å². The molecule has 3 aliphatic rings. The van der Waals surface area contributed by atoms with Crippen LogP contribution in [0, 0.1) is 5.41 Å². The van der Waals surface area contributed by atoms with Crippen molar-refractivity contribution in [2.45, 2.75) is 18.9 Å². The van der Waals surface area contributed by atoms with Gasteiger partial charge in [0, 0.05) is 12.8 Å². The monoisotopic (exact) mass is 280 g/mol. The first-order chi connectivity index (χ1) is 10.2. The Bertz CT molecular complexity index is 723. The Hall–Kier alpha value is -2.49. The van der Waals surface area contributed by atoms with Crippen molar-refractivity contribution in [2.24, 2.45) is 5.41 Å². The smallest absolute Gasteiger partial charge is 0.187 e. The van der Waals surface area contributed by atoms with Crippen LogP contribution in [0.1, 0.15) is 24.5 Å². The maximum absolute atomic E-state index is 12.6. The number of ether oxygens (including phenoxy) is 1. The van der Waals surface area contributed by atoms with Crippen molar-refractivity contribution in [1.29, 1.82) is 0 Å². The molecule has 1 atom stereocenters. The molecule has 0 aromatic heterocycles. The van der Waals surface area contributed by atoms with Crippen LogP contribution in [0.5, 0.6) is 0 Å². The molecule has 1 unspecified atom stereocenters. The molecular formula is C17H12O4. The van der Waals surface area contributed by atoms with Gasteiger partial charge in [-0.2, -0.15) is 0 Å². The summed E-state index contributed by atoms with van der Waals surface area (Å²) in [6, 6.07) is 9.16. The van der Waals surface area contributed by atoms with Crippen LogP contribution in [0.15, 0.2) is 53.8 Å². The molecule has 104 valence electrons. The maximum atomic E-state index is 12.6. The zero-order chi connectivity index (χ0) is 14.6. The van der Waals surface area contributed by atoms with Gasteiger partial charge >= 0.3 is 0 Å². The fraction of sp³-hybridized carbons (Fsp3) is 0.235. The van der Waals surface area contributed by atoms with Crippen molar-refractivity contribution < 1.29 is 19.1 Å². The highest BCUT2D eigenvalue weighted by atomic mass is 16.5. The van der Waals surface area contributed by atoms with E-state index in [1.165, 1.54) is 6.08 Å². The minimum Gasteiger partial charge on any atom is -0.483 e. The van der Waals surface area contributed by atoms with Gasteiger partial charge in [-0.3, -0.25) is 14.4 Å². The molecular weight excluding hydrogens is 268 g/mol. The van der Waals surface area contributed by atoms with Gasteiger partial charge in [0.25, 0.3) is 0 Å². The van der Waals surface area contributed by atoms with Gasteiger partial charge in [0.2, 0.25) is 0 Å². The third kappa shape index (κ3) is 1.37. The van der Waals surface area contributed by atoms with E-state index in [4.69, 9.17) is 4.74 Å². The normalized spacial score (nSPS) is 25.9. The van der Waals surface area contributed by atoms with Gasteiger partial charge in [0.05, 0.1) is 5.57 Å². The topological polar surface area (TPSA) is 60.4 Å². The highest BCUT2D eigenvalue weighted by Gasteiger charge is 2.65. The molecule has 1 saturated carbocycles. The average Bonchev–Trinajstić information content (AvgIpc) is 3.12. The van der Waals surface area contributed by atoms with Crippen LogP contribution < -0.4 is 0 Å². The third-order valence-corrected chi connectivity index (χ3v) is 4.47. The lowest BCUT2D eigenvalue weighted by Crippen LogP contribution is -2.40. The van der Waals surface area contributed by atoms with E-state index >= 15 is 0 Å². The Balaban J connectivity index is 1.95. The number of carbonyl (C=O) groups is 3. The van der Waals surface area contributed by atoms with Gasteiger partial charge in [0.15, 0.2) is 22.8 Å². The Labute approximate surface area is 121 Å². The van der Waals surface area contributed by atoms with E-state index in [9.17, 15) is 14.4 Å². The molecule has 0 amide bonds. The van der Waals surface area contributed by atoms with E-state index in [-0.39, 0.29) is 35.8 Å². The molecule has 0 N–H and O–H groups in total. The SMILES string of the molecule is O=C1C=CC2=C1C1(C(=O)CCC1=O)C(c1ccccc1)O2. The van der Waals surface area contributed by atoms with Crippen LogP contribution in [0.25, 0.3) is 0 Å². The summed E-state index contributed by atoms with van der Waals surface area (Å²) in [4.78, 5) is 37.3. The van der Waals surface area contributed by atoms with Crippen molar-refractivity contribution in [3.8, 4) is 0 Å². The molecule has 2 aliphatic carbocycles. The molecule has 1 spiro atoms. The van der Waals surface area contributed by atoms with Crippen LogP contribution in [0.4, 0.5) is 0 Å². The van der Waals surface area contributed by atoms with E-state index in [0.29, 0.717) is 5.76 Å². The molecule has 4 heteroatoms. The zero-order valence-electron chi connectivity index (χ0n) is 11.2. The second-order valence-corrected chi connectivity index (χ2v) is 5.50. The highest BCUT2D eigenvalue weighted by Crippen LogP contribution is 2.57. The zero-order valence-corrected chi connectivity index (χ0v) is 11.2. The summed E-state index contributed by atoms with van der Waals surface area (Å²) in [6.07, 6.45) is 2.55. The summed E-state index contributed by atoms with van der Waals surface area (Å²) >= 11 is 0. The fourth-order valence-electron chi connectivity index (χ4n) is 3.57. The van der Waals surface area contributed by atoms with Crippen LogP contribution in [-0.2, 0) is 19.1 Å². The second kappa shape index (κ2) is 4.01. The van der Waals surface area contributed by atoms with Crippen molar-refractivity contribution in [3.05, 3.63) is 59.4 Å². The number of hydrogen-bond acceptors (Lipinski definition) is 4. The first-order valence-corrected chi connectivity index (χ1v) is 6.91. The molecule has 1 aromatic carbocycles. The summed E-state index contributed by atoms with van der Waals surface area (Å²) in [5, 5.41) is 0.